The molecule has 0 heterocycles. The first-order chi connectivity index (χ1) is 8.45. The zero-order valence-electron chi connectivity index (χ0n) is 10.9. The molecule has 4 N–H and O–H groups in total. The third-order valence-electron chi connectivity index (χ3n) is 2.64. The molecule has 0 radical (unpaired) electrons. The molecule has 1 atom stereocenters. The number of carbonyl (C=O) groups is 2. The molecule has 0 aliphatic carbocycles. The Balaban J connectivity index is 2.79. The molecule has 1 aromatic carbocycles. The van der Waals surface area contributed by atoms with Crippen molar-refractivity contribution in [3.05, 3.63) is 29.8 Å². The lowest BCUT2D eigenvalue weighted by atomic mass is 10.0. The van der Waals surface area contributed by atoms with Crippen LogP contribution in [0.3, 0.4) is 0 Å². The number of anilines is 1. The molecule has 0 saturated carbocycles. The van der Waals surface area contributed by atoms with E-state index in [4.69, 9.17) is 5.73 Å². The van der Waals surface area contributed by atoms with Crippen molar-refractivity contribution in [2.75, 3.05) is 12.4 Å². The highest BCUT2D eigenvalue weighted by molar-refractivity contribution is 5.98. The number of rotatable bonds is 4. The Hall–Kier alpha value is -1.88. The van der Waals surface area contributed by atoms with E-state index in [1.54, 1.807) is 31.3 Å². The van der Waals surface area contributed by atoms with Gasteiger partial charge in [-0.3, -0.25) is 9.59 Å². The molecule has 0 saturated heterocycles. The summed E-state index contributed by atoms with van der Waals surface area (Å²) in [5.41, 5.74) is 6.80. The minimum Gasteiger partial charge on any atom is -0.355 e. The van der Waals surface area contributed by atoms with E-state index in [2.05, 4.69) is 10.6 Å². The summed E-state index contributed by atoms with van der Waals surface area (Å²) in [5.74, 6) is -0.384. The molecular weight excluding hydrogens is 230 g/mol. The smallest absolute Gasteiger partial charge is 0.251 e. The molecule has 1 rings (SSSR count). The Morgan fingerprint density at radius 3 is 2.50 bits per heavy atom. The van der Waals surface area contributed by atoms with Crippen LogP contribution in [0, 0.1) is 5.92 Å². The van der Waals surface area contributed by atoms with Gasteiger partial charge in [0.15, 0.2) is 0 Å². The van der Waals surface area contributed by atoms with Crippen LogP contribution in [0.5, 0.6) is 0 Å². The van der Waals surface area contributed by atoms with Crippen LogP contribution >= 0.6 is 0 Å². The van der Waals surface area contributed by atoms with Crippen molar-refractivity contribution in [3.63, 3.8) is 0 Å². The molecule has 98 valence electrons. The molecule has 0 bridgehead atoms. The first kappa shape index (κ1) is 14.2. The van der Waals surface area contributed by atoms with E-state index in [9.17, 15) is 9.59 Å². The summed E-state index contributed by atoms with van der Waals surface area (Å²) in [6, 6.07) is 6.16. The Kier molecular flexibility index (Phi) is 4.85. The van der Waals surface area contributed by atoms with Gasteiger partial charge in [-0.2, -0.15) is 0 Å². The Morgan fingerprint density at radius 2 is 1.94 bits per heavy atom. The summed E-state index contributed by atoms with van der Waals surface area (Å²) >= 11 is 0. The van der Waals surface area contributed by atoms with Crippen LogP contribution in [-0.2, 0) is 4.79 Å². The van der Waals surface area contributed by atoms with Crippen LogP contribution in [0.1, 0.15) is 24.2 Å². The van der Waals surface area contributed by atoms with Crippen molar-refractivity contribution in [1.82, 2.24) is 5.32 Å². The summed E-state index contributed by atoms with van der Waals surface area (Å²) < 4.78 is 0. The van der Waals surface area contributed by atoms with Gasteiger partial charge >= 0.3 is 0 Å². The van der Waals surface area contributed by atoms with Crippen LogP contribution in [0.2, 0.25) is 0 Å². The van der Waals surface area contributed by atoms with Crippen molar-refractivity contribution in [2.24, 2.45) is 11.7 Å². The molecule has 0 spiro atoms. The minimum absolute atomic E-state index is 0.0622. The lowest BCUT2D eigenvalue weighted by molar-refractivity contribution is -0.118. The second kappa shape index (κ2) is 6.16. The predicted molar refractivity (Wildman–Crippen MR) is 71.3 cm³/mol. The van der Waals surface area contributed by atoms with Crippen LogP contribution < -0.4 is 16.4 Å². The maximum absolute atomic E-state index is 11.8. The van der Waals surface area contributed by atoms with Gasteiger partial charge in [0.1, 0.15) is 0 Å². The maximum Gasteiger partial charge on any atom is 0.251 e. The highest BCUT2D eigenvalue weighted by Crippen LogP contribution is 2.11. The monoisotopic (exact) mass is 249 g/mol. The SMILES string of the molecule is CNC(=O)c1cccc(NC(=O)[C@H](N)C(C)C)c1. The van der Waals surface area contributed by atoms with Gasteiger partial charge in [0, 0.05) is 18.3 Å². The lowest BCUT2D eigenvalue weighted by Gasteiger charge is -2.15. The molecule has 0 fully saturated rings. The quantitative estimate of drug-likeness (QED) is 0.743. The average molecular weight is 249 g/mol. The fourth-order valence-electron chi connectivity index (χ4n) is 1.41. The zero-order chi connectivity index (χ0) is 13.7. The van der Waals surface area contributed by atoms with Gasteiger partial charge in [-0.15, -0.1) is 0 Å². The van der Waals surface area contributed by atoms with Crippen molar-refractivity contribution >= 4 is 17.5 Å². The summed E-state index contributed by atoms with van der Waals surface area (Å²) in [6.45, 7) is 3.76. The molecular formula is C13H19N3O2. The zero-order valence-corrected chi connectivity index (χ0v) is 10.9. The van der Waals surface area contributed by atoms with E-state index in [0.29, 0.717) is 11.3 Å². The largest absolute Gasteiger partial charge is 0.355 e. The summed E-state index contributed by atoms with van der Waals surface area (Å²) in [4.78, 5) is 23.2. The maximum atomic E-state index is 11.8. The second-order valence-corrected chi connectivity index (χ2v) is 4.42. The van der Waals surface area contributed by atoms with Gasteiger partial charge in [-0.05, 0) is 24.1 Å². The van der Waals surface area contributed by atoms with Gasteiger partial charge in [0.25, 0.3) is 5.91 Å². The highest BCUT2D eigenvalue weighted by Gasteiger charge is 2.17. The molecule has 2 amide bonds. The molecule has 5 nitrogen and oxygen atoms in total. The molecule has 5 heteroatoms. The van der Waals surface area contributed by atoms with E-state index in [1.165, 1.54) is 0 Å². The number of hydrogen-bond donors (Lipinski definition) is 3. The van der Waals surface area contributed by atoms with E-state index < -0.39 is 6.04 Å². The third-order valence-corrected chi connectivity index (χ3v) is 2.64. The number of carbonyl (C=O) groups excluding carboxylic acids is 2. The highest BCUT2D eigenvalue weighted by atomic mass is 16.2. The topological polar surface area (TPSA) is 84.2 Å². The van der Waals surface area contributed by atoms with Crippen molar-refractivity contribution in [1.29, 1.82) is 0 Å². The number of nitrogens with two attached hydrogens (primary N) is 1. The van der Waals surface area contributed by atoms with Gasteiger partial charge in [-0.25, -0.2) is 0 Å². The molecule has 0 unspecified atom stereocenters. The molecule has 18 heavy (non-hydrogen) atoms. The summed E-state index contributed by atoms with van der Waals surface area (Å²) in [6.07, 6.45) is 0. The Bertz CT molecular complexity index is 444. The fraction of sp³-hybridized carbons (Fsp3) is 0.385. The van der Waals surface area contributed by atoms with Crippen LogP contribution in [-0.4, -0.2) is 24.9 Å². The summed E-state index contributed by atoms with van der Waals surface area (Å²) in [5, 5.41) is 5.22. The predicted octanol–water partition coefficient (Wildman–Crippen LogP) is 0.968. The lowest BCUT2D eigenvalue weighted by Crippen LogP contribution is -2.39. The van der Waals surface area contributed by atoms with Crippen molar-refractivity contribution < 1.29 is 9.59 Å². The third kappa shape index (κ3) is 3.56. The number of amides is 2. The number of hydrogen-bond acceptors (Lipinski definition) is 3. The van der Waals surface area contributed by atoms with Gasteiger partial charge in [0.05, 0.1) is 6.04 Å². The average Bonchev–Trinajstić information content (AvgIpc) is 2.36. The van der Waals surface area contributed by atoms with Crippen LogP contribution in [0.15, 0.2) is 24.3 Å². The molecule has 0 aromatic heterocycles. The van der Waals surface area contributed by atoms with Gasteiger partial charge in [0.2, 0.25) is 5.91 Å². The van der Waals surface area contributed by atoms with Crippen LogP contribution in [0.25, 0.3) is 0 Å². The fourth-order valence-corrected chi connectivity index (χ4v) is 1.41. The second-order valence-electron chi connectivity index (χ2n) is 4.42. The van der Waals surface area contributed by atoms with Crippen LogP contribution in [0.4, 0.5) is 5.69 Å². The number of benzene rings is 1. The van der Waals surface area contributed by atoms with E-state index >= 15 is 0 Å². The first-order valence-electron chi connectivity index (χ1n) is 5.84. The van der Waals surface area contributed by atoms with E-state index in [1.807, 2.05) is 13.8 Å². The minimum atomic E-state index is -0.561. The van der Waals surface area contributed by atoms with Crippen molar-refractivity contribution in [3.8, 4) is 0 Å². The number of nitrogens with one attached hydrogen (secondary N) is 2. The van der Waals surface area contributed by atoms with Gasteiger partial charge < -0.3 is 16.4 Å². The normalized spacial score (nSPS) is 12.1. The summed E-state index contributed by atoms with van der Waals surface area (Å²) in [7, 11) is 1.56. The molecule has 0 aliphatic heterocycles. The van der Waals surface area contributed by atoms with Crippen molar-refractivity contribution in [2.45, 2.75) is 19.9 Å². The van der Waals surface area contributed by atoms with Gasteiger partial charge in [-0.1, -0.05) is 19.9 Å². The Morgan fingerprint density at radius 1 is 1.28 bits per heavy atom. The standard InChI is InChI=1S/C13H19N3O2/c1-8(2)11(14)13(18)16-10-6-4-5-9(7-10)12(17)15-3/h4-8,11H,14H2,1-3H3,(H,15,17)(H,16,18)/t11-/m1/s1. The Labute approximate surface area is 107 Å². The van der Waals surface area contributed by atoms with E-state index in [0.717, 1.165) is 0 Å². The first-order valence-corrected chi connectivity index (χ1v) is 5.84. The molecule has 1 aromatic rings. The van der Waals surface area contributed by atoms with E-state index in [-0.39, 0.29) is 17.7 Å². The molecule has 0 aliphatic rings.